The topological polar surface area (TPSA) is 54.5 Å². The van der Waals surface area contributed by atoms with E-state index < -0.39 is 0 Å². The van der Waals surface area contributed by atoms with E-state index in [1.807, 2.05) is 42.2 Å². The van der Waals surface area contributed by atoms with E-state index in [1.54, 1.807) is 6.08 Å². The Balaban J connectivity index is 1.68. The van der Waals surface area contributed by atoms with E-state index in [9.17, 15) is 0 Å². The van der Waals surface area contributed by atoms with Gasteiger partial charge in [0.15, 0.2) is 0 Å². The van der Waals surface area contributed by atoms with Gasteiger partial charge in [-0.15, -0.1) is 0 Å². The van der Waals surface area contributed by atoms with Crippen LogP contribution in [0, 0.1) is 24.2 Å². The summed E-state index contributed by atoms with van der Waals surface area (Å²) in [6.45, 7) is 2.03. The van der Waals surface area contributed by atoms with Crippen molar-refractivity contribution in [3.05, 3.63) is 48.4 Å². The summed E-state index contributed by atoms with van der Waals surface area (Å²) in [5.74, 6) is 0.518. The van der Waals surface area contributed by atoms with Crippen LogP contribution < -0.4 is 0 Å². The molecule has 1 aliphatic carbocycles. The molecule has 0 amide bonds. The highest BCUT2D eigenvalue weighted by molar-refractivity contribution is 5.56. The van der Waals surface area contributed by atoms with Crippen molar-refractivity contribution in [2.45, 2.75) is 25.8 Å². The lowest BCUT2D eigenvalue weighted by Crippen LogP contribution is -2.25. The van der Waals surface area contributed by atoms with Crippen LogP contribution in [-0.2, 0) is 0 Å². The Morgan fingerprint density at radius 1 is 1.35 bits per heavy atom. The van der Waals surface area contributed by atoms with Crippen LogP contribution in [0.15, 0.2) is 42.9 Å². The molecule has 1 aliphatic rings. The maximum absolute atomic E-state index is 8.51. The molecule has 0 saturated heterocycles. The summed E-state index contributed by atoms with van der Waals surface area (Å²) in [7, 11) is 0. The third-order valence-electron chi connectivity index (χ3n) is 3.78. The zero-order chi connectivity index (χ0) is 13.9. The molecule has 0 aromatic carbocycles. The highest BCUT2D eigenvalue weighted by Gasteiger charge is 2.29. The Morgan fingerprint density at radius 3 is 2.90 bits per heavy atom. The van der Waals surface area contributed by atoms with Crippen molar-refractivity contribution in [3.8, 4) is 17.3 Å². The van der Waals surface area contributed by atoms with Crippen molar-refractivity contribution in [1.82, 2.24) is 14.8 Å². The summed E-state index contributed by atoms with van der Waals surface area (Å²) >= 11 is 0. The van der Waals surface area contributed by atoms with E-state index in [0.29, 0.717) is 12.0 Å². The van der Waals surface area contributed by atoms with Gasteiger partial charge in [-0.25, -0.2) is 0 Å². The molecule has 2 aromatic heterocycles. The normalized spacial score (nSPS) is 21.6. The number of aromatic nitrogens is 3. The molecule has 4 nitrogen and oxygen atoms in total. The summed E-state index contributed by atoms with van der Waals surface area (Å²) in [5, 5.41) is 12.9. The maximum atomic E-state index is 8.51. The summed E-state index contributed by atoms with van der Waals surface area (Å²) in [4.78, 5) is 4.42. The Hall–Kier alpha value is -2.41. The van der Waals surface area contributed by atoms with Gasteiger partial charge in [-0.1, -0.05) is 12.1 Å². The van der Waals surface area contributed by atoms with Gasteiger partial charge in [0.05, 0.1) is 24.0 Å². The largest absolute Gasteiger partial charge is 0.269 e. The SMILES string of the molecule is Cc1ccc(-c2cnn(C3CC(/C=C/C#N)C3)c2)nc1. The molecule has 3 rings (SSSR count). The number of nitriles is 1. The number of nitrogens with zero attached hydrogens (tertiary/aromatic N) is 4. The molecule has 0 atom stereocenters. The second-order valence-corrected chi connectivity index (χ2v) is 5.30. The Morgan fingerprint density at radius 2 is 2.20 bits per heavy atom. The molecule has 0 aliphatic heterocycles. The predicted octanol–water partition coefficient (Wildman–Crippen LogP) is 3.28. The molecule has 0 radical (unpaired) electrons. The van der Waals surface area contributed by atoms with Crippen LogP contribution in [0.1, 0.15) is 24.4 Å². The standard InChI is InChI=1S/C16H16N4/c1-12-4-5-16(18-9-12)14-10-19-20(11-14)15-7-13(8-15)3-2-6-17/h2-5,9-11,13,15H,7-8H2,1H3/b3-2+. The van der Waals surface area contributed by atoms with Crippen molar-refractivity contribution < 1.29 is 0 Å². The van der Waals surface area contributed by atoms with Gasteiger partial charge in [0, 0.05) is 24.0 Å². The molecular weight excluding hydrogens is 248 g/mol. The zero-order valence-electron chi connectivity index (χ0n) is 11.4. The lowest BCUT2D eigenvalue weighted by molar-refractivity contribution is 0.224. The van der Waals surface area contributed by atoms with Gasteiger partial charge >= 0.3 is 0 Å². The van der Waals surface area contributed by atoms with Gasteiger partial charge in [0.2, 0.25) is 0 Å². The first-order valence-corrected chi connectivity index (χ1v) is 6.80. The fraction of sp³-hybridized carbons (Fsp3) is 0.312. The lowest BCUT2D eigenvalue weighted by atomic mass is 9.80. The minimum Gasteiger partial charge on any atom is -0.269 e. The van der Waals surface area contributed by atoms with Crippen LogP contribution in [0.25, 0.3) is 11.3 Å². The first-order chi connectivity index (χ1) is 9.76. The van der Waals surface area contributed by atoms with Crippen molar-refractivity contribution >= 4 is 0 Å². The quantitative estimate of drug-likeness (QED) is 0.799. The molecule has 2 heterocycles. The predicted molar refractivity (Wildman–Crippen MR) is 76.7 cm³/mol. The van der Waals surface area contributed by atoms with Crippen LogP contribution in [-0.4, -0.2) is 14.8 Å². The van der Waals surface area contributed by atoms with Gasteiger partial charge in [0.1, 0.15) is 0 Å². The molecular formula is C16H16N4. The average molecular weight is 264 g/mol. The Kier molecular flexibility index (Phi) is 3.34. The molecule has 20 heavy (non-hydrogen) atoms. The highest BCUT2D eigenvalue weighted by atomic mass is 15.3. The average Bonchev–Trinajstić information content (AvgIpc) is 2.87. The van der Waals surface area contributed by atoms with Crippen molar-refractivity contribution in [1.29, 1.82) is 5.26 Å². The van der Waals surface area contributed by atoms with Crippen LogP contribution in [0.5, 0.6) is 0 Å². The minimum atomic E-state index is 0.447. The Labute approximate surface area is 118 Å². The number of hydrogen-bond donors (Lipinski definition) is 0. The second-order valence-electron chi connectivity index (χ2n) is 5.30. The molecule has 0 spiro atoms. The first kappa shape index (κ1) is 12.6. The van der Waals surface area contributed by atoms with Gasteiger partial charge < -0.3 is 0 Å². The van der Waals surface area contributed by atoms with Crippen molar-refractivity contribution in [3.63, 3.8) is 0 Å². The molecule has 2 aromatic rings. The summed E-state index contributed by atoms with van der Waals surface area (Å²) in [5.41, 5.74) is 3.18. The third kappa shape index (κ3) is 2.48. The van der Waals surface area contributed by atoms with Crippen LogP contribution >= 0.6 is 0 Å². The smallest absolute Gasteiger partial charge is 0.0908 e. The second kappa shape index (κ2) is 5.30. The maximum Gasteiger partial charge on any atom is 0.0908 e. The number of allylic oxidation sites excluding steroid dienone is 2. The third-order valence-corrected chi connectivity index (χ3v) is 3.78. The molecule has 100 valence electrons. The fourth-order valence-corrected chi connectivity index (χ4v) is 2.49. The fourth-order valence-electron chi connectivity index (χ4n) is 2.49. The van der Waals surface area contributed by atoms with E-state index in [2.05, 4.69) is 22.3 Å². The molecule has 0 unspecified atom stereocenters. The summed E-state index contributed by atoms with van der Waals surface area (Å²) < 4.78 is 2.02. The molecule has 0 N–H and O–H groups in total. The molecule has 4 heteroatoms. The minimum absolute atomic E-state index is 0.447. The van der Waals surface area contributed by atoms with E-state index in [1.165, 1.54) is 0 Å². The van der Waals surface area contributed by atoms with Crippen LogP contribution in [0.3, 0.4) is 0 Å². The van der Waals surface area contributed by atoms with Crippen LogP contribution in [0.4, 0.5) is 0 Å². The van der Waals surface area contributed by atoms with Gasteiger partial charge in [-0.05, 0) is 37.3 Å². The van der Waals surface area contributed by atoms with Crippen molar-refractivity contribution in [2.75, 3.05) is 0 Å². The van der Waals surface area contributed by atoms with Crippen molar-refractivity contribution in [2.24, 2.45) is 5.92 Å². The van der Waals surface area contributed by atoms with E-state index in [0.717, 1.165) is 29.7 Å². The van der Waals surface area contributed by atoms with Gasteiger partial charge in [-0.2, -0.15) is 10.4 Å². The van der Waals surface area contributed by atoms with E-state index in [-0.39, 0.29) is 0 Å². The van der Waals surface area contributed by atoms with E-state index in [4.69, 9.17) is 5.26 Å². The molecule has 1 saturated carbocycles. The number of hydrogen-bond acceptors (Lipinski definition) is 3. The summed E-state index contributed by atoms with van der Waals surface area (Å²) in [6, 6.07) is 6.57. The van der Waals surface area contributed by atoms with Gasteiger partial charge in [-0.3, -0.25) is 9.67 Å². The highest BCUT2D eigenvalue weighted by Crippen LogP contribution is 2.38. The van der Waals surface area contributed by atoms with Gasteiger partial charge in [0.25, 0.3) is 0 Å². The molecule has 0 bridgehead atoms. The number of pyridine rings is 1. The zero-order valence-corrected chi connectivity index (χ0v) is 11.4. The number of aryl methyl sites for hydroxylation is 1. The monoisotopic (exact) mass is 264 g/mol. The first-order valence-electron chi connectivity index (χ1n) is 6.80. The Bertz CT molecular complexity index is 655. The van der Waals surface area contributed by atoms with E-state index >= 15 is 0 Å². The lowest BCUT2D eigenvalue weighted by Gasteiger charge is -2.33. The number of rotatable bonds is 3. The van der Waals surface area contributed by atoms with Crippen LogP contribution in [0.2, 0.25) is 0 Å². The summed E-state index contributed by atoms with van der Waals surface area (Å²) in [6.07, 6.45) is 11.5. The molecule has 1 fully saturated rings.